The van der Waals surface area contributed by atoms with Crippen LogP contribution in [-0.4, -0.2) is 142 Å². The minimum atomic E-state index is -1.19. The van der Waals surface area contributed by atoms with Crippen molar-refractivity contribution in [1.82, 2.24) is 29.5 Å². The molecule has 6 heterocycles. The molecule has 3 atom stereocenters. The van der Waals surface area contributed by atoms with E-state index in [9.17, 15) is 24.0 Å². The molecule has 19 nitrogen and oxygen atoms in total. The minimum absolute atomic E-state index is 0.0475. The number of piperidine rings is 2. The Morgan fingerprint density at radius 2 is 1.15 bits per heavy atom. The van der Waals surface area contributed by atoms with Gasteiger partial charge in [-0.15, -0.1) is 0 Å². The van der Waals surface area contributed by atoms with Gasteiger partial charge in [0, 0.05) is 76.1 Å². The highest BCUT2D eigenvalue weighted by molar-refractivity contribution is 6.30. The number of hydrogen-bond donors (Lipinski definition) is 4. The van der Waals surface area contributed by atoms with Crippen molar-refractivity contribution in [3.8, 4) is 28.0 Å². The third kappa shape index (κ3) is 14.4. The van der Waals surface area contributed by atoms with Crippen LogP contribution in [0.4, 0.5) is 0 Å². The van der Waals surface area contributed by atoms with E-state index in [0.29, 0.717) is 75.2 Å². The molecule has 6 aliphatic rings. The summed E-state index contributed by atoms with van der Waals surface area (Å²) < 4.78 is 5.28. The lowest BCUT2D eigenvalue weighted by atomic mass is 9.82. The summed E-state index contributed by atoms with van der Waals surface area (Å²) in [6.07, 6.45) is 10.6. The minimum Gasteiger partial charge on any atom is -0.495 e. The Morgan fingerprint density at radius 3 is 1.78 bits per heavy atom. The fraction of sp³-hybridized carbons (Fsp3) is 0.347. The van der Waals surface area contributed by atoms with Crippen molar-refractivity contribution in [3.05, 3.63) is 215 Å². The SMILES string of the molecule is COc1cncc(-c2cccc(C3(C)N=C(N)N(CC4CCN(C(C)=O)CC4)C3=O)c2)c1.NC1=NC(c2cccc(-c3cccc(Cl)c3)c2)(C2CC2)C(=O)N1CCCCO.NC1=NC(c2ccccc2)(c2ccccc2)C(=O)N1C[C@@H]1CCCN(C(=O)Cc2ccccc2)C1. The topological polar surface area (TPSA) is 259 Å². The summed E-state index contributed by atoms with van der Waals surface area (Å²) >= 11 is 6.15. The first-order valence-corrected chi connectivity index (χ1v) is 33.1. The number of halogens is 1. The van der Waals surface area contributed by atoms with E-state index in [4.69, 9.17) is 48.6 Å². The van der Waals surface area contributed by atoms with Crippen LogP contribution >= 0.6 is 11.6 Å². The van der Waals surface area contributed by atoms with Crippen LogP contribution in [0.5, 0.6) is 5.75 Å². The molecule has 1 aliphatic carbocycles. The number of amides is 5. The monoisotopic (exact) mass is 1300 g/mol. The number of aromatic nitrogens is 1. The summed E-state index contributed by atoms with van der Waals surface area (Å²) in [5, 5.41) is 9.71. The van der Waals surface area contributed by atoms with E-state index < -0.39 is 16.6 Å². The molecule has 2 unspecified atom stereocenters. The zero-order chi connectivity index (χ0) is 66.9. The van der Waals surface area contributed by atoms with Crippen LogP contribution in [0.3, 0.4) is 0 Å². The number of aliphatic imine (C=N–C) groups is 3. The number of hydrogen-bond acceptors (Lipinski definition) is 14. The molecular formula is C75H83ClN12O7. The Hall–Kier alpha value is -9.72. The average Bonchev–Trinajstić information content (AvgIpc) is 1.59. The van der Waals surface area contributed by atoms with E-state index in [1.165, 1.54) is 0 Å². The molecule has 5 aliphatic heterocycles. The number of carbonyl (C=O) groups excluding carboxylic acids is 5. The predicted molar refractivity (Wildman–Crippen MR) is 369 cm³/mol. The Bertz CT molecular complexity index is 3970. The van der Waals surface area contributed by atoms with Crippen molar-refractivity contribution in [3.63, 3.8) is 0 Å². The number of aliphatic hydroxyl groups is 1. The molecule has 3 fully saturated rings. The van der Waals surface area contributed by atoms with Gasteiger partial charge in [-0.2, -0.15) is 0 Å². The lowest BCUT2D eigenvalue weighted by molar-refractivity contribution is -0.134. The van der Waals surface area contributed by atoms with Gasteiger partial charge >= 0.3 is 0 Å². The summed E-state index contributed by atoms with van der Waals surface area (Å²) in [6, 6.07) is 54.3. The molecule has 5 amide bonds. The zero-order valence-electron chi connectivity index (χ0n) is 54.1. The molecule has 13 rings (SSSR count). The number of unbranched alkanes of at least 4 members (excludes halogenated alkanes) is 1. The summed E-state index contributed by atoms with van der Waals surface area (Å²) in [4.78, 5) is 92.4. The van der Waals surface area contributed by atoms with Crippen molar-refractivity contribution in [1.29, 1.82) is 0 Å². The normalized spacial score (nSPS) is 20.9. The second-order valence-corrected chi connectivity index (χ2v) is 25.9. The second-order valence-electron chi connectivity index (χ2n) is 25.4. The highest BCUT2D eigenvalue weighted by atomic mass is 35.5. The van der Waals surface area contributed by atoms with Gasteiger partial charge in [0.05, 0.1) is 19.7 Å². The van der Waals surface area contributed by atoms with Gasteiger partial charge in [-0.1, -0.05) is 151 Å². The maximum atomic E-state index is 14.0. The number of nitrogens with zero attached hydrogens (tertiary/aromatic N) is 9. The van der Waals surface area contributed by atoms with Crippen molar-refractivity contribution in [2.75, 3.05) is 59.5 Å². The second kappa shape index (κ2) is 29.3. The predicted octanol–water partition coefficient (Wildman–Crippen LogP) is 9.50. The number of pyridine rings is 1. The van der Waals surface area contributed by atoms with Crippen molar-refractivity contribution >= 4 is 59.0 Å². The van der Waals surface area contributed by atoms with Gasteiger partial charge in [0.25, 0.3) is 17.7 Å². The molecule has 1 aromatic heterocycles. The standard InChI is InChI=1S/C29H30N4O2.C24H29N5O3.C22H24ClN3O2/c30-28-31-29(24-14-6-2-7-15-24,25-16-8-3-9-17-25)27(35)33(28)21-23-13-10-18-32(20-23)26(34)19-22-11-4-1-5-12-22;1-16(30)28-9-7-17(8-10-28)15-29-22(31)24(2,27-23(29)25)20-6-4-5-18(11-20)19-12-21(32-3)14-26-13-19;23-19-8-4-6-16(14-19)15-5-3-7-18(13-15)22(17-9-10-17)20(28)26(21(24)25-22)11-1-2-12-27/h1-9,11-12,14-17,23H,10,13,18-21H2,(H2,30,31);4-6,11-14,17H,7-10,15H2,1-3H3,(H2,25,27);3-8,13-14,17,27H,1-2,9-12H2,(H2,24,25)/t23-;;/m1../s1. The molecule has 0 spiro atoms. The highest BCUT2D eigenvalue weighted by Gasteiger charge is 2.58. The number of likely N-dealkylation sites (tertiary alicyclic amines) is 2. The summed E-state index contributed by atoms with van der Waals surface area (Å²) in [5.41, 5.74) is 23.7. The Kier molecular flexibility index (Phi) is 20.6. The third-order valence-electron chi connectivity index (χ3n) is 19.0. The lowest BCUT2D eigenvalue weighted by Crippen LogP contribution is -2.49. The molecular weight excluding hydrogens is 1220 g/mol. The van der Waals surface area contributed by atoms with Gasteiger partial charge in [0.15, 0.2) is 34.5 Å². The van der Waals surface area contributed by atoms with Crippen LogP contribution in [0.1, 0.15) is 93.0 Å². The maximum Gasteiger partial charge on any atom is 0.266 e. The largest absolute Gasteiger partial charge is 0.495 e. The third-order valence-corrected chi connectivity index (χ3v) is 19.3. The summed E-state index contributed by atoms with van der Waals surface area (Å²) in [5.74, 6) is 1.95. The average molecular weight is 1300 g/mol. The van der Waals surface area contributed by atoms with Gasteiger partial charge in [-0.3, -0.25) is 43.7 Å². The van der Waals surface area contributed by atoms with E-state index in [0.717, 1.165) is 95.1 Å². The zero-order valence-corrected chi connectivity index (χ0v) is 54.9. The van der Waals surface area contributed by atoms with E-state index in [2.05, 4.69) is 9.98 Å². The first kappa shape index (κ1) is 66.7. The number of guanidine groups is 3. The molecule has 0 radical (unpaired) electrons. The maximum absolute atomic E-state index is 14.0. The number of rotatable bonds is 18. The number of carbonyl (C=O) groups is 5. The van der Waals surface area contributed by atoms with Gasteiger partial charge in [0.1, 0.15) is 5.75 Å². The van der Waals surface area contributed by atoms with E-state index in [1.54, 1.807) is 41.1 Å². The van der Waals surface area contributed by atoms with Crippen LogP contribution in [-0.2, 0) is 47.0 Å². The molecule has 20 heteroatoms. The van der Waals surface area contributed by atoms with Gasteiger partial charge in [-0.25, -0.2) is 15.0 Å². The number of ether oxygens (including phenoxy) is 1. The first-order chi connectivity index (χ1) is 45.9. The van der Waals surface area contributed by atoms with Crippen molar-refractivity contribution < 1.29 is 33.8 Å². The van der Waals surface area contributed by atoms with Crippen molar-refractivity contribution in [2.45, 2.75) is 88.3 Å². The van der Waals surface area contributed by atoms with Crippen LogP contribution in [0.15, 0.2) is 197 Å². The molecule has 7 N–H and O–H groups in total. The van der Waals surface area contributed by atoms with Gasteiger partial charge in [-0.05, 0) is 151 Å². The number of methoxy groups -OCH3 is 1. The molecule has 95 heavy (non-hydrogen) atoms. The van der Waals surface area contributed by atoms with E-state index in [-0.39, 0.29) is 65.9 Å². The highest BCUT2D eigenvalue weighted by Crippen LogP contribution is 2.52. The molecule has 0 bridgehead atoms. The molecule has 7 aromatic rings. The fourth-order valence-electron chi connectivity index (χ4n) is 13.7. The van der Waals surface area contributed by atoms with E-state index >= 15 is 0 Å². The number of nitrogens with two attached hydrogens (primary N) is 3. The van der Waals surface area contributed by atoms with Crippen LogP contribution < -0.4 is 21.9 Å². The molecule has 6 aromatic carbocycles. The lowest BCUT2D eigenvalue weighted by Gasteiger charge is -2.35. The quantitative estimate of drug-likeness (QED) is 0.0588. The number of benzene rings is 6. The molecule has 2 saturated heterocycles. The first-order valence-electron chi connectivity index (χ1n) is 32.7. The smallest absolute Gasteiger partial charge is 0.266 e. The Balaban J connectivity index is 0.000000146. The van der Waals surface area contributed by atoms with Gasteiger partial charge < -0.3 is 36.8 Å². The number of aliphatic hydroxyl groups excluding tert-OH is 1. The molecule has 492 valence electrons. The van der Waals surface area contributed by atoms with Gasteiger partial charge in [0.2, 0.25) is 11.8 Å². The molecule has 1 saturated carbocycles. The van der Waals surface area contributed by atoms with Crippen LogP contribution in [0, 0.1) is 17.8 Å². The Labute approximate surface area is 560 Å². The van der Waals surface area contributed by atoms with Crippen molar-refractivity contribution in [2.24, 2.45) is 49.9 Å². The summed E-state index contributed by atoms with van der Waals surface area (Å²) in [6.45, 7) is 7.76. The fourth-order valence-corrected chi connectivity index (χ4v) is 13.9. The van der Waals surface area contributed by atoms with E-state index in [1.807, 2.05) is 187 Å². The van der Waals surface area contributed by atoms with Crippen LogP contribution in [0.2, 0.25) is 5.02 Å². The Morgan fingerprint density at radius 1 is 0.579 bits per heavy atom. The van der Waals surface area contributed by atoms with Crippen LogP contribution in [0.25, 0.3) is 22.3 Å². The summed E-state index contributed by atoms with van der Waals surface area (Å²) in [7, 11) is 1.60.